The number of hydrogen-bond donors (Lipinski definition) is 2. The molecule has 2 N–H and O–H groups in total. The summed E-state index contributed by atoms with van der Waals surface area (Å²) >= 11 is 0. The number of aryl methyl sites for hydroxylation is 1. The first-order valence-electron chi connectivity index (χ1n) is 9.80. The number of carbonyl (C=O) groups is 1. The lowest BCUT2D eigenvalue weighted by atomic mass is 9.91. The fourth-order valence-corrected chi connectivity index (χ4v) is 3.64. The number of fused-ring (bicyclic) bond motifs is 1. The predicted molar refractivity (Wildman–Crippen MR) is 110 cm³/mol. The van der Waals surface area contributed by atoms with Gasteiger partial charge in [-0.15, -0.1) is 0 Å². The molecule has 9 nitrogen and oxygen atoms in total. The van der Waals surface area contributed by atoms with Gasteiger partial charge in [0.15, 0.2) is 0 Å². The molecule has 2 heterocycles. The van der Waals surface area contributed by atoms with E-state index < -0.39 is 0 Å². The van der Waals surface area contributed by atoms with Crippen LogP contribution in [0.3, 0.4) is 0 Å². The van der Waals surface area contributed by atoms with E-state index >= 15 is 0 Å². The second-order valence-electron chi connectivity index (χ2n) is 7.69. The third kappa shape index (κ3) is 4.44. The van der Waals surface area contributed by atoms with Gasteiger partial charge in [-0.1, -0.05) is 0 Å². The van der Waals surface area contributed by atoms with E-state index in [0.29, 0.717) is 22.6 Å². The van der Waals surface area contributed by atoms with Crippen LogP contribution in [-0.4, -0.2) is 52.4 Å². The highest BCUT2D eigenvalue weighted by molar-refractivity contribution is 5.97. The molecule has 2 aromatic heterocycles. The van der Waals surface area contributed by atoms with Gasteiger partial charge in [0.1, 0.15) is 28.5 Å². The van der Waals surface area contributed by atoms with Crippen LogP contribution in [0.25, 0.3) is 11.0 Å². The summed E-state index contributed by atoms with van der Waals surface area (Å²) in [6.07, 6.45) is 3.78. The fourth-order valence-electron chi connectivity index (χ4n) is 3.64. The average Bonchev–Trinajstić information content (AvgIpc) is 3.17. The summed E-state index contributed by atoms with van der Waals surface area (Å²) in [5, 5.41) is 14.2. The first-order valence-corrected chi connectivity index (χ1v) is 9.80. The van der Waals surface area contributed by atoms with Gasteiger partial charge in [0.25, 0.3) is 5.91 Å². The number of nitrogens with one attached hydrogen (secondary N) is 2. The van der Waals surface area contributed by atoms with E-state index in [-0.39, 0.29) is 11.9 Å². The minimum Gasteiger partial charge on any atom is -0.367 e. The lowest BCUT2D eigenvalue weighted by molar-refractivity contribution is 0.0926. The van der Waals surface area contributed by atoms with Crippen molar-refractivity contribution in [2.45, 2.75) is 44.7 Å². The van der Waals surface area contributed by atoms with E-state index in [1.807, 2.05) is 32.0 Å². The maximum atomic E-state index is 12.6. The van der Waals surface area contributed by atoms with Crippen molar-refractivity contribution in [2.24, 2.45) is 0 Å². The highest BCUT2D eigenvalue weighted by atomic mass is 16.6. The summed E-state index contributed by atoms with van der Waals surface area (Å²) in [7, 11) is 3.94. The molecule has 1 aliphatic carbocycles. The predicted octanol–water partition coefficient (Wildman–Crippen LogP) is 2.54. The van der Waals surface area contributed by atoms with Crippen molar-refractivity contribution >= 4 is 28.6 Å². The van der Waals surface area contributed by atoms with Crippen LogP contribution >= 0.6 is 0 Å². The third-order valence-corrected chi connectivity index (χ3v) is 5.21. The molecular weight excluding hydrogens is 370 g/mol. The second-order valence-corrected chi connectivity index (χ2v) is 7.69. The second kappa shape index (κ2) is 8.02. The normalized spacial score (nSPS) is 19.1. The van der Waals surface area contributed by atoms with E-state index in [0.717, 1.165) is 43.1 Å². The van der Waals surface area contributed by atoms with Crippen LogP contribution in [-0.2, 0) is 0 Å². The molecule has 1 aromatic carbocycles. The summed E-state index contributed by atoms with van der Waals surface area (Å²) in [5.74, 6) is 2.40. The third-order valence-electron chi connectivity index (χ3n) is 5.21. The standard InChI is InChI=1S/C20H25N7O2/c1-12-21-18(11-19(22-12)27(2)3)23-14-5-7-15(8-6-14)24-20(28)13-4-9-16-17(10-13)26-29-25-16/h4,9-11,14-15H,5-8H2,1-3H3,(H,24,28)(H,21,22,23). The molecular formula is C20H25N7O2. The Balaban J connectivity index is 1.32. The largest absolute Gasteiger partial charge is 0.367 e. The van der Waals surface area contributed by atoms with E-state index in [2.05, 4.69) is 35.5 Å². The van der Waals surface area contributed by atoms with E-state index in [4.69, 9.17) is 0 Å². The monoisotopic (exact) mass is 395 g/mol. The molecule has 0 bridgehead atoms. The van der Waals surface area contributed by atoms with Crippen molar-refractivity contribution < 1.29 is 9.42 Å². The zero-order valence-corrected chi connectivity index (χ0v) is 16.8. The molecule has 0 radical (unpaired) electrons. The van der Waals surface area contributed by atoms with Crippen molar-refractivity contribution in [3.63, 3.8) is 0 Å². The first-order chi connectivity index (χ1) is 14.0. The highest BCUT2D eigenvalue weighted by Crippen LogP contribution is 2.23. The molecule has 0 spiro atoms. The topological polar surface area (TPSA) is 109 Å². The molecule has 1 amide bonds. The minimum atomic E-state index is -0.0895. The summed E-state index contributed by atoms with van der Waals surface area (Å²) in [6, 6.07) is 7.66. The summed E-state index contributed by atoms with van der Waals surface area (Å²) in [6.45, 7) is 1.90. The molecule has 4 rings (SSSR count). The number of benzene rings is 1. The van der Waals surface area contributed by atoms with Crippen molar-refractivity contribution in [1.82, 2.24) is 25.6 Å². The SMILES string of the molecule is Cc1nc(NC2CCC(NC(=O)c3ccc4nonc4c3)CC2)cc(N(C)C)n1. The lowest BCUT2D eigenvalue weighted by Crippen LogP contribution is -2.40. The Bertz CT molecular complexity index is 1010. The Kier molecular flexibility index (Phi) is 5.28. The van der Waals surface area contributed by atoms with Gasteiger partial charge in [-0.3, -0.25) is 4.79 Å². The van der Waals surface area contributed by atoms with Crippen molar-refractivity contribution in [2.75, 3.05) is 24.3 Å². The molecule has 0 aliphatic heterocycles. The molecule has 1 saturated carbocycles. The number of rotatable bonds is 5. The van der Waals surface area contributed by atoms with Crippen molar-refractivity contribution in [3.05, 3.63) is 35.7 Å². The van der Waals surface area contributed by atoms with Gasteiger partial charge in [-0.2, -0.15) is 0 Å². The zero-order chi connectivity index (χ0) is 20.4. The number of hydrogen-bond acceptors (Lipinski definition) is 8. The maximum absolute atomic E-state index is 12.6. The van der Waals surface area contributed by atoms with Crippen molar-refractivity contribution in [1.29, 1.82) is 0 Å². The molecule has 9 heteroatoms. The Morgan fingerprint density at radius 3 is 2.52 bits per heavy atom. The quantitative estimate of drug-likeness (QED) is 0.678. The molecule has 1 aliphatic rings. The smallest absolute Gasteiger partial charge is 0.251 e. The van der Waals surface area contributed by atoms with Gasteiger partial charge >= 0.3 is 0 Å². The molecule has 0 unspecified atom stereocenters. The fraction of sp³-hybridized carbons (Fsp3) is 0.450. The highest BCUT2D eigenvalue weighted by Gasteiger charge is 2.23. The lowest BCUT2D eigenvalue weighted by Gasteiger charge is -2.30. The van der Waals surface area contributed by atoms with Crippen LogP contribution in [0, 0.1) is 6.92 Å². The van der Waals surface area contributed by atoms with Crippen molar-refractivity contribution in [3.8, 4) is 0 Å². The van der Waals surface area contributed by atoms with Gasteiger partial charge < -0.3 is 15.5 Å². The number of anilines is 2. The van der Waals surface area contributed by atoms with Crippen LogP contribution in [0.4, 0.5) is 11.6 Å². The summed E-state index contributed by atoms with van der Waals surface area (Å²) < 4.78 is 4.69. The van der Waals surface area contributed by atoms with Crippen LogP contribution in [0.15, 0.2) is 28.9 Å². The summed E-state index contributed by atoms with van der Waals surface area (Å²) in [4.78, 5) is 23.5. The Morgan fingerprint density at radius 1 is 1.03 bits per heavy atom. The molecule has 0 atom stereocenters. The van der Waals surface area contributed by atoms with Crippen LogP contribution in [0.5, 0.6) is 0 Å². The average molecular weight is 395 g/mol. The molecule has 0 saturated heterocycles. The molecule has 152 valence electrons. The van der Waals surface area contributed by atoms with Gasteiger partial charge in [0, 0.05) is 37.8 Å². The number of aromatic nitrogens is 4. The first kappa shape index (κ1) is 19.1. The zero-order valence-electron chi connectivity index (χ0n) is 16.8. The molecule has 3 aromatic rings. The van der Waals surface area contributed by atoms with E-state index in [1.165, 1.54) is 0 Å². The van der Waals surface area contributed by atoms with Gasteiger partial charge in [0.05, 0.1) is 0 Å². The maximum Gasteiger partial charge on any atom is 0.251 e. The van der Waals surface area contributed by atoms with Gasteiger partial charge in [-0.05, 0) is 61.1 Å². The minimum absolute atomic E-state index is 0.0895. The van der Waals surface area contributed by atoms with Gasteiger partial charge in [0.2, 0.25) is 0 Å². The number of nitrogens with zero attached hydrogens (tertiary/aromatic N) is 5. The van der Waals surface area contributed by atoms with Gasteiger partial charge in [-0.25, -0.2) is 14.6 Å². The van der Waals surface area contributed by atoms with Crippen LogP contribution < -0.4 is 15.5 Å². The summed E-state index contributed by atoms with van der Waals surface area (Å²) in [5.41, 5.74) is 1.80. The molecule has 29 heavy (non-hydrogen) atoms. The number of amides is 1. The Labute approximate surface area is 168 Å². The van der Waals surface area contributed by atoms with E-state index in [1.54, 1.807) is 18.2 Å². The molecule has 1 fully saturated rings. The number of carbonyl (C=O) groups excluding carboxylic acids is 1. The Hall–Kier alpha value is -3.23. The van der Waals surface area contributed by atoms with Crippen LogP contribution in [0.2, 0.25) is 0 Å². The van der Waals surface area contributed by atoms with E-state index in [9.17, 15) is 4.79 Å². The Morgan fingerprint density at radius 2 is 1.76 bits per heavy atom. The van der Waals surface area contributed by atoms with Crippen LogP contribution in [0.1, 0.15) is 41.9 Å².